The molecule has 0 amide bonds. The van der Waals surface area contributed by atoms with Crippen molar-refractivity contribution in [1.29, 1.82) is 0 Å². The molecule has 0 saturated carbocycles. The minimum absolute atomic E-state index is 0.0328. The topological polar surface area (TPSA) is 35.5 Å². The molecule has 1 aromatic carbocycles. The van der Waals surface area contributed by atoms with Gasteiger partial charge in [-0.05, 0) is 18.4 Å². The van der Waals surface area contributed by atoms with Gasteiger partial charge in [-0.25, -0.2) is 0 Å². The predicted molar refractivity (Wildman–Crippen MR) is 77.7 cm³/mol. The molecule has 3 heteroatoms. The van der Waals surface area contributed by atoms with Gasteiger partial charge >= 0.3 is 0 Å². The van der Waals surface area contributed by atoms with Crippen molar-refractivity contribution in [3.8, 4) is 12.3 Å². The number of nitrogens with one attached hydrogen (secondary N) is 1. The van der Waals surface area contributed by atoms with Gasteiger partial charge in [0, 0.05) is 19.1 Å². The Morgan fingerprint density at radius 2 is 2.00 bits per heavy atom. The molecule has 2 rings (SSSR count). The zero-order valence-electron chi connectivity index (χ0n) is 11.3. The van der Waals surface area contributed by atoms with Crippen LogP contribution in [0.25, 0.3) is 0 Å². The Bertz CT molecular complexity index is 405. The molecular weight excluding hydrogens is 236 g/mol. The summed E-state index contributed by atoms with van der Waals surface area (Å²) in [5.41, 5.74) is 1.15. The maximum atomic E-state index is 9.55. The van der Waals surface area contributed by atoms with Gasteiger partial charge in [0.2, 0.25) is 0 Å². The molecule has 19 heavy (non-hydrogen) atoms. The number of rotatable bonds is 5. The molecule has 0 bridgehead atoms. The van der Waals surface area contributed by atoms with Crippen molar-refractivity contribution in [2.75, 3.05) is 26.2 Å². The van der Waals surface area contributed by atoms with Crippen molar-refractivity contribution in [2.24, 2.45) is 0 Å². The lowest BCUT2D eigenvalue weighted by atomic mass is 10.0. The fraction of sp³-hybridized carbons (Fsp3) is 0.500. The molecular formula is C16H22N2O. The minimum Gasteiger partial charge on any atom is -0.394 e. The Labute approximate surface area is 115 Å². The largest absolute Gasteiger partial charge is 0.394 e. The second-order valence-electron chi connectivity index (χ2n) is 5.07. The normalized spacial score (nSPS) is 18.9. The third-order valence-corrected chi connectivity index (χ3v) is 3.72. The van der Waals surface area contributed by atoms with Crippen molar-refractivity contribution in [3.05, 3.63) is 35.9 Å². The van der Waals surface area contributed by atoms with Crippen LogP contribution in [0.3, 0.4) is 0 Å². The predicted octanol–water partition coefficient (Wildman–Crippen LogP) is 1.41. The number of aliphatic hydroxyl groups is 1. The van der Waals surface area contributed by atoms with Crippen LogP contribution in [0.4, 0.5) is 0 Å². The van der Waals surface area contributed by atoms with Crippen LogP contribution in [-0.2, 0) is 0 Å². The van der Waals surface area contributed by atoms with E-state index in [-0.39, 0.29) is 12.6 Å². The van der Waals surface area contributed by atoms with Crippen molar-refractivity contribution < 1.29 is 5.11 Å². The zero-order valence-corrected chi connectivity index (χ0v) is 11.3. The summed E-state index contributed by atoms with van der Waals surface area (Å²) in [4.78, 5) is 2.30. The summed E-state index contributed by atoms with van der Waals surface area (Å²) in [6, 6.07) is 10.6. The number of benzene rings is 1. The molecule has 1 atom stereocenters. The van der Waals surface area contributed by atoms with E-state index in [9.17, 15) is 5.11 Å². The Balaban J connectivity index is 1.86. The van der Waals surface area contributed by atoms with E-state index in [0.717, 1.165) is 38.0 Å². The first-order valence-electron chi connectivity index (χ1n) is 6.91. The summed E-state index contributed by atoms with van der Waals surface area (Å²) in [7, 11) is 0. The van der Waals surface area contributed by atoms with Crippen LogP contribution < -0.4 is 5.32 Å². The van der Waals surface area contributed by atoms with Crippen LogP contribution in [0.1, 0.15) is 24.4 Å². The number of piperidine rings is 1. The van der Waals surface area contributed by atoms with Crippen LogP contribution in [0.2, 0.25) is 0 Å². The van der Waals surface area contributed by atoms with E-state index in [1.54, 1.807) is 0 Å². The van der Waals surface area contributed by atoms with Crippen LogP contribution in [0.15, 0.2) is 30.3 Å². The van der Waals surface area contributed by atoms with Gasteiger partial charge in [-0.15, -0.1) is 6.42 Å². The van der Waals surface area contributed by atoms with Crippen LogP contribution >= 0.6 is 0 Å². The highest BCUT2D eigenvalue weighted by atomic mass is 16.3. The van der Waals surface area contributed by atoms with E-state index >= 15 is 0 Å². The van der Waals surface area contributed by atoms with E-state index in [4.69, 9.17) is 6.42 Å². The SMILES string of the molecule is C#CCN1CCC(NC(CO)c2ccccc2)CC1. The Morgan fingerprint density at radius 1 is 1.32 bits per heavy atom. The third-order valence-electron chi connectivity index (χ3n) is 3.72. The molecule has 1 aliphatic rings. The molecule has 1 fully saturated rings. The fourth-order valence-corrected chi connectivity index (χ4v) is 2.61. The molecule has 0 aromatic heterocycles. The summed E-state index contributed by atoms with van der Waals surface area (Å²) in [6.07, 6.45) is 7.51. The maximum Gasteiger partial charge on any atom is 0.0626 e. The summed E-state index contributed by atoms with van der Waals surface area (Å²) in [5, 5.41) is 13.1. The van der Waals surface area contributed by atoms with Gasteiger partial charge in [0.15, 0.2) is 0 Å². The molecule has 102 valence electrons. The molecule has 1 heterocycles. The lowest BCUT2D eigenvalue weighted by molar-refractivity contribution is 0.183. The zero-order chi connectivity index (χ0) is 13.5. The fourth-order valence-electron chi connectivity index (χ4n) is 2.61. The van der Waals surface area contributed by atoms with Crippen LogP contribution in [0.5, 0.6) is 0 Å². The van der Waals surface area contributed by atoms with Gasteiger partial charge < -0.3 is 10.4 Å². The third kappa shape index (κ3) is 4.07. The van der Waals surface area contributed by atoms with E-state index in [1.807, 2.05) is 18.2 Å². The van der Waals surface area contributed by atoms with E-state index in [1.165, 1.54) is 0 Å². The van der Waals surface area contributed by atoms with Crippen LogP contribution in [-0.4, -0.2) is 42.3 Å². The number of nitrogens with zero attached hydrogens (tertiary/aromatic N) is 1. The molecule has 1 aliphatic heterocycles. The minimum atomic E-state index is 0.0328. The van der Waals surface area contributed by atoms with Crippen LogP contribution in [0, 0.1) is 12.3 Å². The monoisotopic (exact) mass is 258 g/mol. The molecule has 1 unspecified atom stereocenters. The molecule has 1 saturated heterocycles. The first-order chi connectivity index (χ1) is 9.33. The number of likely N-dealkylation sites (tertiary alicyclic amines) is 1. The second kappa shape index (κ2) is 7.30. The summed E-state index contributed by atoms with van der Waals surface area (Å²) >= 11 is 0. The van der Waals surface area contributed by atoms with Crippen molar-refractivity contribution in [1.82, 2.24) is 10.2 Å². The first kappa shape index (κ1) is 14.1. The lowest BCUT2D eigenvalue weighted by Crippen LogP contribution is -2.44. The molecule has 2 N–H and O–H groups in total. The summed E-state index contributed by atoms with van der Waals surface area (Å²) in [6.45, 7) is 2.95. The number of hydrogen-bond donors (Lipinski definition) is 2. The summed E-state index contributed by atoms with van der Waals surface area (Å²) < 4.78 is 0. The molecule has 0 spiro atoms. The highest BCUT2D eigenvalue weighted by molar-refractivity contribution is 5.19. The van der Waals surface area contributed by atoms with Gasteiger partial charge in [-0.2, -0.15) is 0 Å². The van der Waals surface area contributed by atoms with Crippen molar-refractivity contribution in [2.45, 2.75) is 24.9 Å². The van der Waals surface area contributed by atoms with Crippen molar-refractivity contribution in [3.63, 3.8) is 0 Å². The summed E-state index contributed by atoms with van der Waals surface area (Å²) in [5.74, 6) is 2.70. The highest BCUT2D eigenvalue weighted by Crippen LogP contribution is 2.17. The van der Waals surface area contributed by atoms with E-state index in [0.29, 0.717) is 6.04 Å². The Morgan fingerprint density at radius 3 is 2.58 bits per heavy atom. The average Bonchev–Trinajstić information content (AvgIpc) is 2.48. The van der Waals surface area contributed by atoms with E-state index in [2.05, 4.69) is 28.3 Å². The average molecular weight is 258 g/mol. The van der Waals surface area contributed by atoms with E-state index < -0.39 is 0 Å². The highest BCUT2D eigenvalue weighted by Gasteiger charge is 2.21. The Hall–Kier alpha value is -1.34. The Kier molecular flexibility index (Phi) is 5.41. The standard InChI is InChI=1S/C16H22N2O/c1-2-10-18-11-8-15(9-12-18)17-16(13-19)14-6-4-3-5-7-14/h1,3-7,15-17,19H,8-13H2. The molecule has 3 nitrogen and oxygen atoms in total. The maximum absolute atomic E-state index is 9.55. The van der Waals surface area contributed by atoms with Gasteiger partial charge in [-0.3, -0.25) is 4.90 Å². The number of aliphatic hydroxyl groups excluding tert-OH is 1. The molecule has 0 aliphatic carbocycles. The van der Waals surface area contributed by atoms with Gasteiger partial charge in [0.25, 0.3) is 0 Å². The smallest absolute Gasteiger partial charge is 0.0626 e. The lowest BCUT2D eigenvalue weighted by Gasteiger charge is -2.33. The second-order valence-corrected chi connectivity index (χ2v) is 5.07. The quantitative estimate of drug-likeness (QED) is 0.784. The molecule has 1 aromatic rings. The van der Waals surface area contributed by atoms with Gasteiger partial charge in [-0.1, -0.05) is 36.3 Å². The first-order valence-corrected chi connectivity index (χ1v) is 6.91. The van der Waals surface area contributed by atoms with Gasteiger partial charge in [0.05, 0.1) is 19.2 Å². The number of terminal acetylenes is 1. The molecule has 0 radical (unpaired) electrons. The number of hydrogen-bond acceptors (Lipinski definition) is 3. The van der Waals surface area contributed by atoms with Gasteiger partial charge in [0.1, 0.15) is 0 Å². The van der Waals surface area contributed by atoms with Crippen molar-refractivity contribution >= 4 is 0 Å².